The van der Waals surface area contributed by atoms with Crippen LogP contribution in [0, 0.1) is 23.2 Å². The van der Waals surface area contributed by atoms with Crippen molar-refractivity contribution in [1.29, 1.82) is 5.26 Å². The Labute approximate surface area is 322 Å². The molecule has 2 aromatic heterocycles. The van der Waals surface area contributed by atoms with Crippen molar-refractivity contribution >= 4 is 39.3 Å². The molecule has 3 amide bonds. The van der Waals surface area contributed by atoms with E-state index in [9.17, 15) is 14.4 Å². The SMILES string of the molecule is CC(C)Oc1cc2c(OCC3CCCCC3)nccc2cc1C(N)=O.CC(C)Oc1cc2c(OCC3CCN(C(=O)CC#N)CC3)nccc2cc1C(N)=O. The van der Waals surface area contributed by atoms with Gasteiger partial charge in [0.2, 0.25) is 17.7 Å². The van der Waals surface area contributed by atoms with E-state index in [2.05, 4.69) is 9.97 Å². The molecule has 0 bridgehead atoms. The Hall–Kier alpha value is -5.64. The first-order valence-electron chi connectivity index (χ1n) is 19.1. The number of hydrogen-bond acceptors (Lipinski definition) is 10. The summed E-state index contributed by atoms with van der Waals surface area (Å²) < 4.78 is 23.6. The highest BCUT2D eigenvalue weighted by molar-refractivity contribution is 6.02. The number of nitrogens with zero attached hydrogens (tertiary/aromatic N) is 4. The van der Waals surface area contributed by atoms with Gasteiger partial charge in [-0.3, -0.25) is 14.4 Å². The number of nitriles is 1. The van der Waals surface area contributed by atoms with Gasteiger partial charge in [-0.15, -0.1) is 0 Å². The lowest BCUT2D eigenvalue weighted by Crippen LogP contribution is -2.39. The topological polar surface area (TPSA) is 193 Å². The summed E-state index contributed by atoms with van der Waals surface area (Å²) in [6.45, 7) is 10.0. The molecule has 2 aromatic carbocycles. The van der Waals surface area contributed by atoms with Crippen LogP contribution in [0.1, 0.15) is 99.8 Å². The number of carbonyl (C=O) groups is 3. The molecule has 2 aliphatic rings. The zero-order valence-corrected chi connectivity index (χ0v) is 32.2. The summed E-state index contributed by atoms with van der Waals surface area (Å²) in [5.41, 5.74) is 11.7. The molecule has 13 heteroatoms. The number of fused-ring (bicyclic) bond motifs is 2. The Balaban J connectivity index is 0.000000214. The maximum Gasteiger partial charge on any atom is 0.252 e. The molecule has 0 atom stereocenters. The minimum atomic E-state index is -0.551. The zero-order valence-electron chi connectivity index (χ0n) is 32.2. The number of ether oxygens (including phenoxy) is 4. The molecule has 4 aromatic rings. The number of aromatic nitrogens is 2. The highest BCUT2D eigenvalue weighted by atomic mass is 16.5. The molecular weight excluding hydrogens is 700 g/mol. The van der Waals surface area contributed by atoms with Crippen molar-refractivity contribution in [3.05, 3.63) is 59.9 Å². The van der Waals surface area contributed by atoms with Crippen LogP contribution in [0.15, 0.2) is 48.8 Å². The van der Waals surface area contributed by atoms with E-state index in [-0.39, 0.29) is 24.5 Å². The van der Waals surface area contributed by atoms with Crippen LogP contribution in [0.5, 0.6) is 23.3 Å². The van der Waals surface area contributed by atoms with E-state index in [0.29, 0.717) is 72.5 Å². The maximum absolute atomic E-state index is 11.8. The predicted molar refractivity (Wildman–Crippen MR) is 209 cm³/mol. The summed E-state index contributed by atoms with van der Waals surface area (Å²) in [6, 6.07) is 12.6. The summed E-state index contributed by atoms with van der Waals surface area (Å²) in [7, 11) is 0. The molecule has 55 heavy (non-hydrogen) atoms. The quantitative estimate of drug-likeness (QED) is 0.148. The van der Waals surface area contributed by atoms with Crippen LogP contribution < -0.4 is 30.4 Å². The molecule has 0 radical (unpaired) electrons. The number of nitrogens with two attached hydrogens (primary N) is 2. The highest BCUT2D eigenvalue weighted by Crippen LogP contribution is 2.34. The second-order valence-corrected chi connectivity index (χ2v) is 14.7. The van der Waals surface area contributed by atoms with E-state index in [1.165, 1.54) is 32.1 Å². The molecule has 1 saturated carbocycles. The monoisotopic (exact) mass is 752 g/mol. The van der Waals surface area contributed by atoms with Crippen LogP contribution in [0.3, 0.4) is 0 Å². The third-order valence-electron chi connectivity index (χ3n) is 9.75. The molecule has 292 valence electrons. The minimum absolute atomic E-state index is 0.0566. The molecule has 0 unspecified atom stereocenters. The lowest BCUT2D eigenvalue weighted by molar-refractivity contribution is -0.131. The standard InChI is InChI=1S/C22H26N4O4.C20H26N2O3/c1-14(2)30-19-12-17-16(11-18(19)21(24)28)4-8-25-22(17)29-13-15-5-9-26(10-6-15)20(27)3-7-23;1-13(2)25-18-11-16-15(10-17(18)19(21)23)8-9-22-20(16)24-12-14-6-4-3-5-7-14/h4,8,11-12,14-15H,3,5-6,9-10,13H2,1-2H3,(H2,24,28);8-11,13-14H,3-7,12H2,1-2H3,(H2,21,23). The van der Waals surface area contributed by atoms with Gasteiger partial charge >= 0.3 is 0 Å². The summed E-state index contributed by atoms with van der Waals surface area (Å²) >= 11 is 0. The van der Waals surface area contributed by atoms with Crippen LogP contribution in [-0.4, -0.2) is 71.1 Å². The molecule has 1 aliphatic heterocycles. The summed E-state index contributed by atoms with van der Waals surface area (Å²) in [5, 5.41) is 11.9. The molecular formula is C42H52N6O7. The van der Waals surface area contributed by atoms with Gasteiger partial charge in [0.15, 0.2) is 0 Å². The minimum Gasteiger partial charge on any atom is -0.490 e. The van der Waals surface area contributed by atoms with E-state index < -0.39 is 11.8 Å². The number of piperidine rings is 1. The van der Waals surface area contributed by atoms with Crippen molar-refractivity contribution in [2.24, 2.45) is 23.3 Å². The Bertz CT molecular complexity index is 2010. The van der Waals surface area contributed by atoms with Gasteiger partial charge in [0, 0.05) is 36.3 Å². The first kappa shape index (κ1) is 40.5. The largest absolute Gasteiger partial charge is 0.490 e. The van der Waals surface area contributed by atoms with Crippen LogP contribution in [0.2, 0.25) is 0 Å². The van der Waals surface area contributed by atoms with Gasteiger partial charge in [-0.1, -0.05) is 19.3 Å². The number of likely N-dealkylation sites (tertiary alicyclic amines) is 1. The number of primary amides is 2. The average molecular weight is 753 g/mol. The number of hydrogen-bond donors (Lipinski definition) is 2. The van der Waals surface area contributed by atoms with E-state index in [1.807, 2.05) is 45.9 Å². The number of carbonyl (C=O) groups excluding carboxylic acids is 3. The van der Waals surface area contributed by atoms with Crippen molar-refractivity contribution in [2.75, 3.05) is 26.3 Å². The zero-order chi connectivity index (χ0) is 39.5. The number of amides is 3. The normalized spacial score (nSPS) is 15.0. The third-order valence-corrected chi connectivity index (χ3v) is 9.75. The first-order valence-corrected chi connectivity index (χ1v) is 19.1. The molecule has 1 saturated heterocycles. The number of rotatable bonds is 13. The second kappa shape index (κ2) is 19.1. The summed E-state index contributed by atoms with van der Waals surface area (Å²) in [4.78, 5) is 45.9. The van der Waals surface area contributed by atoms with E-state index in [0.717, 1.165) is 34.4 Å². The summed E-state index contributed by atoms with van der Waals surface area (Å²) in [6.07, 6.45) is 11.1. The molecule has 2 fully saturated rings. The van der Waals surface area contributed by atoms with Crippen LogP contribution in [0.4, 0.5) is 0 Å². The van der Waals surface area contributed by atoms with E-state index in [4.69, 9.17) is 35.7 Å². The Morgan fingerprint density at radius 3 is 1.62 bits per heavy atom. The summed E-state index contributed by atoms with van der Waals surface area (Å²) in [5.74, 6) is 1.68. The lowest BCUT2D eigenvalue weighted by Gasteiger charge is -2.31. The Kier molecular flexibility index (Phi) is 14.1. The molecule has 6 rings (SSSR count). The fourth-order valence-electron chi connectivity index (χ4n) is 6.94. The molecule has 1 aliphatic carbocycles. The third kappa shape index (κ3) is 11.0. The fourth-order valence-corrected chi connectivity index (χ4v) is 6.94. The van der Waals surface area contributed by atoms with Gasteiger partial charge < -0.3 is 35.3 Å². The van der Waals surface area contributed by atoms with Gasteiger partial charge in [-0.25, -0.2) is 9.97 Å². The molecule has 13 nitrogen and oxygen atoms in total. The predicted octanol–water partition coefficient (Wildman–Crippen LogP) is 6.73. The smallest absolute Gasteiger partial charge is 0.252 e. The first-order chi connectivity index (χ1) is 26.4. The highest BCUT2D eigenvalue weighted by Gasteiger charge is 2.24. The van der Waals surface area contributed by atoms with Gasteiger partial charge in [0.1, 0.15) is 17.9 Å². The fraction of sp³-hybridized carbons (Fsp3) is 0.476. The average Bonchev–Trinajstić information content (AvgIpc) is 3.16. The Morgan fingerprint density at radius 2 is 1.20 bits per heavy atom. The van der Waals surface area contributed by atoms with Gasteiger partial charge in [-0.2, -0.15) is 5.26 Å². The van der Waals surface area contributed by atoms with Gasteiger partial charge in [0.25, 0.3) is 11.8 Å². The Morgan fingerprint density at radius 1 is 0.745 bits per heavy atom. The maximum atomic E-state index is 11.8. The molecule has 3 heterocycles. The van der Waals surface area contributed by atoms with Crippen molar-refractivity contribution < 1.29 is 33.3 Å². The molecule has 4 N–H and O–H groups in total. The van der Waals surface area contributed by atoms with Crippen molar-refractivity contribution in [2.45, 2.75) is 91.3 Å². The van der Waals surface area contributed by atoms with Crippen molar-refractivity contribution in [1.82, 2.24) is 14.9 Å². The van der Waals surface area contributed by atoms with Crippen LogP contribution in [0.25, 0.3) is 21.5 Å². The lowest BCUT2D eigenvalue weighted by atomic mass is 9.90. The van der Waals surface area contributed by atoms with Crippen LogP contribution >= 0.6 is 0 Å². The van der Waals surface area contributed by atoms with Crippen LogP contribution in [-0.2, 0) is 4.79 Å². The van der Waals surface area contributed by atoms with Gasteiger partial charge in [-0.05, 0) is 112 Å². The van der Waals surface area contributed by atoms with E-state index in [1.54, 1.807) is 41.6 Å². The van der Waals surface area contributed by atoms with E-state index >= 15 is 0 Å². The molecule has 0 spiro atoms. The second-order valence-electron chi connectivity index (χ2n) is 14.7. The number of pyridine rings is 2. The van der Waals surface area contributed by atoms with Crippen molar-refractivity contribution in [3.8, 4) is 29.3 Å². The van der Waals surface area contributed by atoms with Gasteiger partial charge in [0.05, 0.1) is 42.6 Å². The van der Waals surface area contributed by atoms with Crippen molar-refractivity contribution in [3.63, 3.8) is 0 Å². The number of benzene rings is 2.